The average molecular weight is 374 g/mol. The number of fused-ring (bicyclic) bond motifs is 1. The normalized spacial score (nSPS) is 15.5. The molecule has 1 saturated heterocycles. The van der Waals surface area contributed by atoms with Gasteiger partial charge in [-0.1, -0.05) is 48.5 Å². The largest absolute Gasteiger partial charge is 0.497 e. The van der Waals surface area contributed by atoms with Crippen LogP contribution < -0.4 is 10.1 Å². The molecule has 1 aliphatic heterocycles. The second-order valence-electron chi connectivity index (χ2n) is 7.27. The molecule has 28 heavy (non-hydrogen) atoms. The summed E-state index contributed by atoms with van der Waals surface area (Å²) in [4.78, 5) is 15.4. The van der Waals surface area contributed by atoms with Gasteiger partial charge in [0.05, 0.1) is 13.2 Å². The summed E-state index contributed by atoms with van der Waals surface area (Å²) in [6, 6.07) is 22.3. The molecule has 1 fully saturated rings. The van der Waals surface area contributed by atoms with Gasteiger partial charge in [0, 0.05) is 12.1 Å². The van der Waals surface area contributed by atoms with Gasteiger partial charge in [0.1, 0.15) is 5.75 Å². The van der Waals surface area contributed by atoms with Crippen LogP contribution in [0.1, 0.15) is 34.8 Å². The predicted molar refractivity (Wildman–Crippen MR) is 113 cm³/mol. The maximum Gasteiger partial charge on any atom is 0.251 e. The van der Waals surface area contributed by atoms with Crippen molar-refractivity contribution in [1.82, 2.24) is 10.2 Å². The number of carbonyl (C=O) groups excluding carboxylic acids is 1. The van der Waals surface area contributed by atoms with Gasteiger partial charge in [-0.3, -0.25) is 9.69 Å². The van der Waals surface area contributed by atoms with Crippen LogP contribution in [0.15, 0.2) is 66.7 Å². The van der Waals surface area contributed by atoms with E-state index in [0.29, 0.717) is 6.54 Å². The maximum atomic E-state index is 13.0. The van der Waals surface area contributed by atoms with E-state index in [2.05, 4.69) is 22.3 Å². The van der Waals surface area contributed by atoms with Crippen molar-refractivity contribution in [3.8, 4) is 5.75 Å². The molecule has 4 nitrogen and oxygen atoms in total. The topological polar surface area (TPSA) is 41.6 Å². The maximum absolute atomic E-state index is 13.0. The number of ether oxygens (including phenoxy) is 1. The van der Waals surface area contributed by atoms with Crippen molar-refractivity contribution in [2.45, 2.75) is 18.9 Å². The molecule has 4 heteroatoms. The number of carbonyl (C=O) groups is 1. The van der Waals surface area contributed by atoms with Crippen molar-refractivity contribution in [1.29, 1.82) is 0 Å². The Morgan fingerprint density at radius 2 is 1.71 bits per heavy atom. The van der Waals surface area contributed by atoms with E-state index in [1.807, 2.05) is 54.6 Å². The Balaban J connectivity index is 1.54. The van der Waals surface area contributed by atoms with Crippen molar-refractivity contribution in [2.75, 3.05) is 26.7 Å². The lowest BCUT2D eigenvalue weighted by atomic mass is 10.0. The summed E-state index contributed by atoms with van der Waals surface area (Å²) in [5, 5.41) is 5.26. The molecule has 144 valence electrons. The monoisotopic (exact) mass is 374 g/mol. The Bertz CT molecular complexity index is 941. The summed E-state index contributed by atoms with van der Waals surface area (Å²) in [5.41, 5.74) is 1.94. The Kier molecular flexibility index (Phi) is 5.58. The van der Waals surface area contributed by atoms with Crippen molar-refractivity contribution in [2.24, 2.45) is 0 Å². The third-order valence-corrected chi connectivity index (χ3v) is 5.57. The average Bonchev–Trinajstić information content (AvgIpc) is 3.28. The number of nitrogens with one attached hydrogen (secondary N) is 1. The molecule has 1 heterocycles. The first-order valence-electron chi connectivity index (χ1n) is 9.90. The molecule has 0 radical (unpaired) electrons. The van der Waals surface area contributed by atoms with Gasteiger partial charge in [0.15, 0.2) is 0 Å². The van der Waals surface area contributed by atoms with Crippen LogP contribution >= 0.6 is 0 Å². The third kappa shape index (κ3) is 3.87. The first-order chi connectivity index (χ1) is 13.8. The van der Waals surface area contributed by atoms with Crippen LogP contribution in [0.5, 0.6) is 5.75 Å². The van der Waals surface area contributed by atoms with Crippen LogP contribution in [0.3, 0.4) is 0 Å². The molecule has 1 atom stereocenters. The second kappa shape index (κ2) is 8.44. The van der Waals surface area contributed by atoms with E-state index in [1.54, 1.807) is 7.11 Å². The number of amides is 1. The molecule has 0 spiro atoms. The van der Waals surface area contributed by atoms with Gasteiger partial charge in [-0.2, -0.15) is 0 Å². The second-order valence-corrected chi connectivity index (χ2v) is 7.27. The van der Waals surface area contributed by atoms with Gasteiger partial charge in [-0.25, -0.2) is 0 Å². The molecule has 1 unspecified atom stereocenters. The highest BCUT2D eigenvalue weighted by atomic mass is 16.5. The van der Waals surface area contributed by atoms with Gasteiger partial charge < -0.3 is 10.1 Å². The highest BCUT2D eigenvalue weighted by Gasteiger charge is 2.24. The van der Waals surface area contributed by atoms with Crippen molar-refractivity contribution >= 4 is 16.7 Å². The number of hydrogen-bond acceptors (Lipinski definition) is 3. The summed E-state index contributed by atoms with van der Waals surface area (Å²) >= 11 is 0. The SMILES string of the molecule is COc1ccc(C(CNC(=O)c2cccc3ccccc23)N2CCCC2)cc1. The zero-order chi connectivity index (χ0) is 19.3. The Morgan fingerprint density at radius 3 is 2.46 bits per heavy atom. The van der Waals surface area contributed by atoms with Crippen LogP contribution in [0.25, 0.3) is 10.8 Å². The lowest BCUT2D eigenvalue weighted by Crippen LogP contribution is -2.36. The van der Waals surface area contributed by atoms with Crippen LogP contribution in [0, 0.1) is 0 Å². The minimum atomic E-state index is -0.0190. The van der Waals surface area contributed by atoms with E-state index in [-0.39, 0.29) is 11.9 Å². The first kappa shape index (κ1) is 18.5. The molecule has 1 aliphatic rings. The van der Waals surface area contributed by atoms with E-state index in [4.69, 9.17) is 4.74 Å². The van der Waals surface area contributed by atoms with Crippen LogP contribution in [-0.2, 0) is 0 Å². The predicted octanol–water partition coefficient (Wildman–Crippen LogP) is 4.42. The van der Waals surface area contributed by atoms with E-state index < -0.39 is 0 Å². The molecule has 1 N–H and O–H groups in total. The summed E-state index contributed by atoms with van der Waals surface area (Å²) in [5.74, 6) is 0.832. The minimum absolute atomic E-state index is 0.0190. The fourth-order valence-electron chi connectivity index (χ4n) is 4.05. The fourth-order valence-corrected chi connectivity index (χ4v) is 4.05. The molecule has 0 bridgehead atoms. The van der Waals surface area contributed by atoms with Gasteiger partial charge >= 0.3 is 0 Å². The highest BCUT2D eigenvalue weighted by Crippen LogP contribution is 2.26. The van der Waals surface area contributed by atoms with E-state index in [0.717, 1.165) is 35.2 Å². The summed E-state index contributed by atoms with van der Waals surface area (Å²) in [6.45, 7) is 2.73. The minimum Gasteiger partial charge on any atom is -0.497 e. The number of rotatable bonds is 6. The molecule has 0 saturated carbocycles. The lowest BCUT2D eigenvalue weighted by molar-refractivity contribution is 0.0939. The van der Waals surface area contributed by atoms with Crippen molar-refractivity contribution < 1.29 is 9.53 Å². The molecule has 3 aromatic rings. The molecular weight excluding hydrogens is 348 g/mol. The van der Waals surface area contributed by atoms with Crippen molar-refractivity contribution in [3.63, 3.8) is 0 Å². The van der Waals surface area contributed by atoms with Crippen LogP contribution in [0.4, 0.5) is 0 Å². The number of benzene rings is 3. The van der Waals surface area contributed by atoms with Gasteiger partial charge in [0.25, 0.3) is 5.91 Å². The first-order valence-corrected chi connectivity index (χ1v) is 9.90. The smallest absolute Gasteiger partial charge is 0.251 e. The zero-order valence-corrected chi connectivity index (χ0v) is 16.2. The number of hydrogen-bond donors (Lipinski definition) is 1. The Hall–Kier alpha value is -2.85. The van der Waals surface area contributed by atoms with E-state index >= 15 is 0 Å². The molecule has 1 amide bonds. The van der Waals surface area contributed by atoms with Crippen LogP contribution in [-0.4, -0.2) is 37.6 Å². The molecular formula is C24H26N2O2. The van der Waals surface area contributed by atoms with Crippen LogP contribution in [0.2, 0.25) is 0 Å². The van der Waals surface area contributed by atoms with Gasteiger partial charge in [-0.15, -0.1) is 0 Å². The number of nitrogens with zero attached hydrogens (tertiary/aromatic N) is 1. The van der Waals surface area contributed by atoms with E-state index in [9.17, 15) is 4.79 Å². The Labute approximate surface area is 166 Å². The Morgan fingerprint density at radius 1 is 1.00 bits per heavy atom. The van der Waals surface area contributed by atoms with Crippen molar-refractivity contribution in [3.05, 3.63) is 77.9 Å². The molecule has 4 rings (SSSR count). The quantitative estimate of drug-likeness (QED) is 0.695. The number of methoxy groups -OCH3 is 1. The highest BCUT2D eigenvalue weighted by molar-refractivity contribution is 6.07. The zero-order valence-electron chi connectivity index (χ0n) is 16.2. The summed E-state index contributed by atoms with van der Waals surface area (Å²) in [7, 11) is 1.68. The summed E-state index contributed by atoms with van der Waals surface area (Å²) in [6.07, 6.45) is 2.42. The standard InChI is InChI=1S/C24H26N2O2/c1-28-20-13-11-19(12-14-20)23(26-15-4-5-16-26)17-25-24(27)22-10-6-8-18-7-2-3-9-21(18)22/h2-3,6-14,23H,4-5,15-17H2,1H3,(H,25,27). The molecule has 3 aromatic carbocycles. The lowest BCUT2D eigenvalue weighted by Gasteiger charge is -2.28. The molecule has 0 aromatic heterocycles. The summed E-state index contributed by atoms with van der Waals surface area (Å²) < 4.78 is 5.29. The third-order valence-electron chi connectivity index (χ3n) is 5.57. The number of likely N-dealkylation sites (tertiary alicyclic amines) is 1. The molecule has 0 aliphatic carbocycles. The van der Waals surface area contributed by atoms with Gasteiger partial charge in [-0.05, 0) is 60.5 Å². The van der Waals surface area contributed by atoms with E-state index in [1.165, 1.54) is 18.4 Å². The fraction of sp³-hybridized carbons (Fsp3) is 0.292. The van der Waals surface area contributed by atoms with Gasteiger partial charge in [0.2, 0.25) is 0 Å².